The summed E-state index contributed by atoms with van der Waals surface area (Å²) in [5, 5.41) is 11.8. The molecule has 1 aromatic heterocycles. The lowest BCUT2D eigenvalue weighted by molar-refractivity contribution is -0.384. The normalized spacial score (nSPS) is 18.7. The van der Waals surface area contributed by atoms with E-state index in [1.807, 2.05) is 13.2 Å². The van der Waals surface area contributed by atoms with Crippen molar-refractivity contribution in [2.75, 3.05) is 0 Å². The molecule has 0 N–H and O–H groups in total. The summed E-state index contributed by atoms with van der Waals surface area (Å²) >= 11 is 0. The van der Waals surface area contributed by atoms with Gasteiger partial charge in [0.1, 0.15) is 11.9 Å². The SMILES string of the molecule is Cn1ccc2cccc(C3CC(OC(=O)Oc4ccc([N+](=O)[O-])cc4)C3)c21. The van der Waals surface area contributed by atoms with Crippen LogP contribution in [0.2, 0.25) is 0 Å². The average Bonchev–Trinajstić information content (AvgIpc) is 3.00. The van der Waals surface area contributed by atoms with Crippen LogP contribution in [0.1, 0.15) is 24.3 Å². The van der Waals surface area contributed by atoms with Crippen LogP contribution in [0, 0.1) is 10.1 Å². The highest BCUT2D eigenvalue weighted by atomic mass is 16.7. The molecule has 7 nitrogen and oxygen atoms in total. The van der Waals surface area contributed by atoms with Crippen molar-refractivity contribution >= 4 is 22.7 Å². The third-order valence-corrected chi connectivity index (χ3v) is 4.98. The lowest BCUT2D eigenvalue weighted by Crippen LogP contribution is -2.33. The Morgan fingerprint density at radius 2 is 1.89 bits per heavy atom. The number of ether oxygens (including phenoxy) is 2. The second kappa shape index (κ2) is 6.75. The van der Waals surface area contributed by atoms with E-state index in [2.05, 4.69) is 28.8 Å². The topological polar surface area (TPSA) is 83.6 Å². The molecule has 1 fully saturated rings. The highest BCUT2D eigenvalue weighted by Gasteiger charge is 2.35. The van der Waals surface area contributed by atoms with Gasteiger partial charge < -0.3 is 14.0 Å². The summed E-state index contributed by atoms with van der Waals surface area (Å²) in [5.41, 5.74) is 2.42. The molecule has 4 rings (SSSR count). The Bertz CT molecular complexity index is 1000. The number of nitrogens with zero attached hydrogens (tertiary/aromatic N) is 2. The van der Waals surface area contributed by atoms with Gasteiger partial charge in [-0.2, -0.15) is 0 Å². The largest absolute Gasteiger partial charge is 0.514 e. The van der Waals surface area contributed by atoms with Crippen LogP contribution in [0.15, 0.2) is 54.7 Å². The molecule has 0 saturated heterocycles. The lowest BCUT2D eigenvalue weighted by Gasteiger charge is -2.35. The molecule has 7 heteroatoms. The van der Waals surface area contributed by atoms with E-state index in [-0.39, 0.29) is 17.5 Å². The first kappa shape index (κ1) is 17.1. The molecule has 0 atom stereocenters. The number of para-hydroxylation sites is 1. The number of carbonyl (C=O) groups is 1. The number of nitro groups is 1. The summed E-state index contributed by atoms with van der Waals surface area (Å²) in [7, 11) is 2.03. The van der Waals surface area contributed by atoms with E-state index in [9.17, 15) is 14.9 Å². The van der Waals surface area contributed by atoms with Crippen LogP contribution in [0.3, 0.4) is 0 Å². The van der Waals surface area contributed by atoms with Crippen molar-refractivity contribution in [1.82, 2.24) is 4.57 Å². The molecule has 27 heavy (non-hydrogen) atoms. The third-order valence-electron chi connectivity index (χ3n) is 4.98. The maximum Gasteiger partial charge on any atom is 0.514 e. The van der Waals surface area contributed by atoms with Crippen molar-refractivity contribution in [2.45, 2.75) is 24.9 Å². The molecule has 1 saturated carbocycles. The fourth-order valence-corrected chi connectivity index (χ4v) is 3.53. The molecule has 1 heterocycles. The number of aromatic nitrogens is 1. The molecule has 3 aromatic rings. The van der Waals surface area contributed by atoms with E-state index in [0.717, 1.165) is 12.8 Å². The lowest BCUT2D eigenvalue weighted by atomic mass is 9.77. The van der Waals surface area contributed by atoms with Gasteiger partial charge in [0.2, 0.25) is 0 Å². The van der Waals surface area contributed by atoms with Crippen molar-refractivity contribution in [3.63, 3.8) is 0 Å². The standard InChI is InChI=1S/C20H18N2O5/c1-21-10-9-13-3-2-4-18(19(13)21)14-11-17(12-14)27-20(23)26-16-7-5-15(6-8-16)22(24)25/h2-10,14,17H,11-12H2,1H3. The van der Waals surface area contributed by atoms with Crippen molar-refractivity contribution in [3.05, 3.63) is 70.4 Å². The minimum Gasteiger partial charge on any atom is -0.431 e. The molecule has 0 bridgehead atoms. The smallest absolute Gasteiger partial charge is 0.431 e. The van der Waals surface area contributed by atoms with Gasteiger partial charge >= 0.3 is 6.16 Å². The van der Waals surface area contributed by atoms with Crippen LogP contribution in [0.5, 0.6) is 5.75 Å². The van der Waals surface area contributed by atoms with Gasteiger partial charge in [-0.15, -0.1) is 0 Å². The Hall–Kier alpha value is -3.35. The molecule has 0 spiro atoms. The molecule has 0 aliphatic heterocycles. The van der Waals surface area contributed by atoms with Gasteiger partial charge in [0.25, 0.3) is 5.69 Å². The predicted molar refractivity (Wildman–Crippen MR) is 98.9 cm³/mol. The maximum absolute atomic E-state index is 11.9. The number of non-ortho nitro benzene ring substituents is 1. The Morgan fingerprint density at radius 3 is 2.59 bits per heavy atom. The van der Waals surface area contributed by atoms with Crippen LogP contribution < -0.4 is 4.74 Å². The first-order valence-corrected chi connectivity index (χ1v) is 8.68. The van der Waals surface area contributed by atoms with Crippen LogP contribution in [-0.2, 0) is 11.8 Å². The number of hydrogen-bond donors (Lipinski definition) is 0. The highest BCUT2D eigenvalue weighted by Crippen LogP contribution is 2.41. The minimum atomic E-state index is -0.788. The molecular formula is C20H18N2O5. The number of hydrogen-bond acceptors (Lipinski definition) is 5. The number of fused-ring (bicyclic) bond motifs is 1. The van der Waals surface area contributed by atoms with Gasteiger partial charge in [0.15, 0.2) is 0 Å². The maximum atomic E-state index is 11.9. The van der Waals surface area contributed by atoms with Crippen LogP contribution in [0.4, 0.5) is 10.5 Å². The number of nitro benzene ring substituents is 1. The van der Waals surface area contributed by atoms with E-state index in [1.165, 1.54) is 40.7 Å². The molecule has 0 unspecified atom stereocenters. The van der Waals surface area contributed by atoms with Gasteiger partial charge in [-0.3, -0.25) is 10.1 Å². The first-order valence-electron chi connectivity index (χ1n) is 8.68. The predicted octanol–water partition coefficient (Wildman–Crippen LogP) is 4.55. The van der Waals surface area contributed by atoms with Crippen molar-refractivity contribution in [1.29, 1.82) is 0 Å². The fraction of sp³-hybridized carbons (Fsp3) is 0.250. The summed E-state index contributed by atoms with van der Waals surface area (Å²) in [5.74, 6) is 0.564. The zero-order valence-corrected chi connectivity index (χ0v) is 14.7. The quantitative estimate of drug-likeness (QED) is 0.293. The van der Waals surface area contributed by atoms with E-state index in [4.69, 9.17) is 9.47 Å². The zero-order valence-electron chi connectivity index (χ0n) is 14.7. The van der Waals surface area contributed by atoms with Gasteiger partial charge in [-0.05, 0) is 47.9 Å². The second-order valence-electron chi connectivity index (χ2n) is 6.72. The van der Waals surface area contributed by atoms with Crippen LogP contribution in [0.25, 0.3) is 10.9 Å². The summed E-state index contributed by atoms with van der Waals surface area (Å²) in [6, 6.07) is 13.7. The van der Waals surface area contributed by atoms with Gasteiger partial charge in [-0.25, -0.2) is 4.79 Å². The van der Waals surface area contributed by atoms with Crippen molar-refractivity contribution < 1.29 is 19.2 Å². The van der Waals surface area contributed by atoms with E-state index in [1.54, 1.807) is 0 Å². The first-order chi connectivity index (χ1) is 13.0. The fourth-order valence-electron chi connectivity index (χ4n) is 3.53. The summed E-state index contributed by atoms with van der Waals surface area (Å²) < 4.78 is 12.5. The zero-order chi connectivity index (χ0) is 19.0. The Balaban J connectivity index is 1.34. The minimum absolute atomic E-state index is 0.0626. The van der Waals surface area contributed by atoms with E-state index in [0.29, 0.717) is 5.92 Å². The van der Waals surface area contributed by atoms with E-state index >= 15 is 0 Å². The number of aryl methyl sites for hydroxylation is 1. The van der Waals surface area contributed by atoms with Crippen LogP contribution in [-0.4, -0.2) is 21.7 Å². The summed E-state index contributed by atoms with van der Waals surface area (Å²) in [6.07, 6.45) is 2.57. The molecule has 1 aliphatic rings. The molecule has 0 amide bonds. The van der Waals surface area contributed by atoms with Crippen LogP contribution >= 0.6 is 0 Å². The molecule has 2 aromatic carbocycles. The molecular weight excluding hydrogens is 348 g/mol. The summed E-state index contributed by atoms with van der Waals surface area (Å²) in [6.45, 7) is 0. The highest BCUT2D eigenvalue weighted by molar-refractivity contribution is 5.84. The van der Waals surface area contributed by atoms with Crippen molar-refractivity contribution in [3.8, 4) is 5.75 Å². The second-order valence-corrected chi connectivity index (χ2v) is 6.72. The molecule has 138 valence electrons. The molecule has 1 aliphatic carbocycles. The third kappa shape index (κ3) is 3.36. The number of rotatable bonds is 4. The van der Waals surface area contributed by atoms with Gasteiger partial charge in [-0.1, -0.05) is 18.2 Å². The number of benzene rings is 2. The Morgan fingerprint density at radius 1 is 1.15 bits per heavy atom. The van der Waals surface area contributed by atoms with Gasteiger partial charge in [0.05, 0.1) is 10.4 Å². The Labute approximate surface area is 155 Å². The average molecular weight is 366 g/mol. The molecule has 0 radical (unpaired) electrons. The number of carbonyl (C=O) groups excluding carboxylic acids is 1. The van der Waals surface area contributed by atoms with Gasteiger partial charge in [0, 0.05) is 25.4 Å². The van der Waals surface area contributed by atoms with Crippen molar-refractivity contribution in [2.24, 2.45) is 7.05 Å². The monoisotopic (exact) mass is 366 g/mol. The summed E-state index contributed by atoms with van der Waals surface area (Å²) in [4.78, 5) is 22.0. The van der Waals surface area contributed by atoms with E-state index < -0.39 is 11.1 Å². The Kier molecular flexibility index (Phi) is 4.27.